The minimum Gasteiger partial charge on any atom is -0.490 e. The van der Waals surface area contributed by atoms with E-state index in [1.54, 1.807) is 0 Å². The molecule has 0 saturated heterocycles. The molecule has 1 aliphatic carbocycles. The summed E-state index contributed by atoms with van der Waals surface area (Å²) in [6.07, 6.45) is 8.34. The molecule has 1 fully saturated rings. The molecule has 0 atom stereocenters. The molecule has 1 aromatic rings. The van der Waals surface area contributed by atoms with E-state index in [2.05, 4.69) is 11.4 Å². The Balaban J connectivity index is 1.46. The van der Waals surface area contributed by atoms with Crippen molar-refractivity contribution in [2.45, 2.75) is 51.0 Å². The Morgan fingerprint density at radius 2 is 1.81 bits per heavy atom. The molecule has 0 unspecified atom stereocenters. The van der Waals surface area contributed by atoms with Crippen LogP contribution in [0.4, 0.5) is 0 Å². The van der Waals surface area contributed by atoms with Crippen molar-refractivity contribution in [2.75, 3.05) is 19.8 Å². The lowest BCUT2D eigenvalue weighted by atomic mass is 10.1. The van der Waals surface area contributed by atoms with Crippen LogP contribution in [0.3, 0.4) is 0 Å². The van der Waals surface area contributed by atoms with E-state index in [4.69, 9.17) is 21.1 Å². The summed E-state index contributed by atoms with van der Waals surface area (Å²) in [6, 6.07) is 4.79. The van der Waals surface area contributed by atoms with E-state index in [-0.39, 0.29) is 0 Å². The molecule has 1 heterocycles. The van der Waals surface area contributed by atoms with Gasteiger partial charge in [0.15, 0.2) is 11.5 Å². The smallest absolute Gasteiger partial charge is 0.162 e. The highest BCUT2D eigenvalue weighted by Crippen LogP contribution is 2.35. The molecular formula is C17H24ClNO2. The van der Waals surface area contributed by atoms with Crippen molar-refractivity contribution in [3.8, 4) is 11.5 Å². The molecule has 1 aliphatic heterocycles. The second-order valence-electron chi connectivity index (χ2n) is 5.98. The fourth-order valence-electron chi connectivity index (χ4n) is 2.63. The largest absolute Gasteiger partial charge is 0.490 e. The second kappa shape index (κ2) is 7.37. The summed E-state index contributed by atoms with van der Waals surface area (Å²) in [5.74, 6) is 1.64. The lowest BCUT2D eigenvalue weighted by molar-refractivity contribution is 0.297. The van der Waals surface area contributed by atoms with Crippen LogP contribution >= 0.6 is 11.6 Å². The highest BCUT2D eigenvalue weighted by molar-refractivity contribution is 6.31. The summed E-state index contributed by atoms with van der Waals surface area (Å²) in [5.41, 5.74) is 1.18. The fraction of sp³-hybridized carbons (Fsp3) is 0.647. The standard InChI is InChI=1S/C17H24ClNO2/c18-15-12-17-16(20-9-4-10-21-17)11-13(15)5-2-1-3-8-19-14-6-7-14/h11-12,14,19H,1-10H2. The molecule has 0 radical (unpaired) electrons. The van der Waals surface area contributed by atoms with Gasteiger partial charge in [-0.2, -0.15) is 0 Å². The Morgan fingerprint density at radius 1 is 1.05 bits per heavy atom. The third kappa shape index (κ3) is 4.52. The Labute approximate surface area is 132 Å². The molecule has 1 aromatic carbocycles. The summed E-state index contributed by atoms with van der Waals surface area (Å²) in [7, 11) is 0. The van der Waals surface area contributed by atoms with Gasteiger partial charge in [0.1, 0.15) is 0 Å². The highest BCUT2D eigenvalue weighted by atomic mass is 35.5. The fourth-order valence-corrected chi connectivity index (χ4v) is 2.88. The molecule has 4 heteroatoms. The van der Waals surface area contributed by atoms with Crippen molar-refractivity contribution < 1.29 is 9.47 Å². The van der Waals surface area contributed by atoms with E-state index in [1.165, 1.54) is 37.7 Å². The SMILES string of the molecule is Clc1cc2c(cc1CCCCCNC1CC1)OCCCO2. The molecule has 2 aliphatic rings. The molecule has 1 N–H and O–H groups in total. The zero-order valence-corrected chi connectivity index (χ0v) is 13.3. The second-order valence-corrected chi connectivity index (χ2v) is 6.39. The van der Waals surface area contributed by atoms with Gasteiger partial charge in [0.2, 0.25) is 0 Å². The van der Waals surface area contributed by atoms with Crippen molar-refractivity contribution in [2.24, 2.45) is 0 Å². The first kappa shape index (κ1) is 15.0. The topological polar surface area (TPSA) is 30.5 Å². The van der Waals surface area contributed by atoms with Gasteiger partial charge >= 0.3 is 0 Å². The monoisotopic (exact) mass is 309 g/mol. The maximum Gasteiger partial charge on any atom is 0.162 e. The van der Waals surface area contributed by atoms with Gasteiger partial charge in [0.05, 0.1) is 13.2 Å². The normalized spacial score (nSPS) is 17.6. The number of ether oxygens (including phenoxy) is 2. The van der Waals surface area contributed by atoms with Crippen LogP contribution < -0.4 is 14.8 Å². The summed E-state index contributed by atoms with van der Waals surface area (Å²) in [4.78, 5) is 0. The molecule has 3 rings (SSSR count). The quantitative estimate of drug-likeness (QED) is 0.773. The molecule has 21 heavy (non-hydrogen) atoms. The highest BCUT2D eigenvalue weighted by Gasteiger charge is 2.19. The van der Waals surface area contributed by atoms with Gasteiger partial charge in [-0.15, -0.1) is 0 Å². The Morgan fingerprint density at radius 3 is 2.57 bits per heavy atom. The van der Waals surface area contributed by atoms with Gasteiger partial charge in [-0.1, -0.05) is 18.0 Å². The van der Waals surface area contributed by atoms with E-state index >= 15 is 0 Å². The first-order valence-corrected chi connectivity index (χ1v) is 8.52. The lowest BCUT2D eigenvalue weighted by Crippen LogP contribution is -2.17. The summed E-state index contributed by atoms with van der Waals surface area (Å²) < 4.78 is 11.4. The number of halogens is 1. The summed E-state index contributed by atoms with van der Waals surface area (Å²) in [6.45, 7) is 2.58. The van der Waals surface area contributed by atoms with E-state index in [1.807, 2.05) is 6.07 Å². The van der Waals surface area contributed by atoms with Gasteiger partial charge < -0.3 is 14.8 Å². The molecule has 0 aromatic heterocycles. The van der Waals surface area contributed by atoms with Gasteiger partial charge in [0.25, 0.3) is 0 Å². The van der Waals surface area contributed by atoms with Gasteiger partial charge in [-0.3, -0.25) is 0 Å². The average Bonchev–Trinajstić information content (AvgIpc) is 3.29. The first-order valence-electron chi connectivity index (χ1n) is 8.14. The third-order valence-electron chi connectivity index (χ3n) is 4.05. The zero-order valence-electron chi connectivity index (χ0n) is 12.5. The number of hydrogen-bond acceptors (Lipinski definition) is 3. The minimum absolute atomic E-state index is 0.705. The van der Waals surface area contributed by atoms with Crippen LogP contribution in [0.15, 0.2) is 12.1 Å². The molecular weight excluding hydrogens is 286 g/mol. The molecule has 0 amide bonds. The van der Waals surface area contributed by atoms with Crippen molar-refractivity contribution in [1.29, 1.82) is 0 Å². The van der Waals surface area contributed by atoms with Crippen LogP contribution in [0.1, 0.15) is 44.1 Å². The van der Waals surface area contributed by atoms with Crippen LogP contribution in [0.2, 0.25) is 5.02 Å². The number of aryl methyl sites for hydroxylation is 1. The van der Waals surface area contributed by atoms with Crippen molar-refractivity contribution in [3.05, 3.63) is 22.7 Å². The van der Waals surface area contributed by atoms with Gasteiger partial charge in [-0.05, 0) is 50.3 Å². The van der Waals surface area contributed by atoms with Crippen LogP contribution in [0, 0.1) is 0 Å². The van der Waals surface area contributed by atoms with E-state index in [9.17, 15) is 0 Å². The number of unbranched alkanes of at least 4 members (excludes halogenated alkanes) is 2. The number of benzene rings is 1. The number of fused-ring (bicyclic) bond motifs is 1. The maximum absolute atomic E-state index is 6.36. The Kier molecular flexibility index (Phi) is 5.26. The average molecular weight is 310 g/mol. The van der Waals surface area contributed by atoms with Crippen molar-refractivity contribution in [3.63, 3.8) is 0 Å². The third-order valence-corrected chi connectivity index (χ3v) is 4.40. The molecule has 0 spiro atoms. The lowest BCUT2D eigenvalue weighted by Gasteiger charge is -2.11. The van der Waals surface area contributed by atoms with Crippen molar-refractivity contribution in [1.82, 2.24) is 5.32 Å². The van der Waals surface area contributed by atoms with Crippen LogP contribution in [0.25, 0.3) is 0 Å². The van der Waals surface area contributed by atoms with Gasteiger partial charge in [-0.25, -0.2) is 0 Å². The van der Waals surface area contributed by atoms with Crippen LogP contribution in [0.5, 0.6) is 11.5 Å². The van der Waals surface area contributed by atoms with Crippen molar-refractivity contribution >= 4 is 11.6 Å². The first-order chi connectivity index (χ1) is 10.3. The summed E-state index contributed by atoms with van der Waals surface area (Å²) >= 11 is 6.36. The minimum atomic E-state index is 0.705. The number of nitrogens with one attached hydrogen (secondary N) is 1. The molecule has 0 bridgehead atoms. The Bertz CT molecular complexity index is 474. The van der Waals surface area contributed by atoms with E-state index < -0.39 is 0 Å². The number of hydrogen-bond donors (Lipinski definition) is 1. The van der Waals surface area contributed by atoms with E-state index in [0.29, 0.717) is 6.61 Å². The van der Waals surface area contributed by atoms with Crippen LogP contribution in [-0.4, -0.2) is 25.8 Å². The molecule has 3 nitrogen and oxygen atoms in total. The molecule has 1 saturated carbocycles. The zero-order chi connectivity index (χ0) is 14.5. The molecule has 116 valence electrons. The van der Waals surface area contributed by atoms with Crippen LogP contribution in [-0.2, 0) is 6.42 Å². The predicted octanol–water partition coefficient (Wildman–Crippen LogP) is 3.97. The van der Waals surface area contributed by atoms with E-state index in [0.717, 1.165) is 48.6 Å². The Hall–Kier alpha value is -0.930. The number of rotatable bonds is 7. The maximum atomic E-state index is 6.36. The predicted molar refractivity (Wildman–Crippen MR) is 85.6 cm³/mol. The van der Waals surface area contributed by atoms with Gasteiger partial charge in [0, 0.05) is 23.6 Å². The summed E-state index contributed by atoms with van der Waals surface area (Å²) in [5, 5.41) is 4.35.